The van der Waals surface area contributed by atoms with Crippen LogP contribution in [-0.4, -0.2) is 52.4 Å². The van der Waals surface area contributed by atoms with Crippen LogP contribution in [0.2, 0.25) is 5.02 Å². The molecule has 2 aliphatic rings. The molecule has 1 fully saturated rings. The number of hydrogen-bond acceptors (Lipinski definition) is 6. The first-order chi connectivity index (χ1) is 15.9. The molecule has 0 radical (unpaired) electrons. The van der Waals surface area contributed by atoms with Gasteiger partial charge in [-0.2, -0.15) is 0 Å². The van der Waals surface area contributed by atoms with E-state index in [9.17, 15) is 9.59 Å². The Morgan fingerprint density at radius 2 is 2.06 bits per heavy atom. The molecule has 174 valence electrons. The Labute approximate surface area is 205 Å². The molecular formula is C23H25ClN5O2S2-. The minimum atomic E-state index is -0.375. The number of likely N-dealkylation sites (N-methyl/N-ethyl adjacent to an activating group) is 1. The van der Waals surface area contributed by atoms with Crippen LogP contribution in [0.4, 0.5) is 0 Å². The fraction of sp³-hybridized carbons (Fsp3) is 0.435. The average Bonchev–Trinajstić information content (AvgIpc) is 3.42. The third-order valence-electron chi connectivity index (χ3n) is 6.41. The smallest absolute Gasteiger partial charge is 0.266 e. The van der Waals surface area contributed by atoms with Crippen molar-refractivity contribution in [2.24, 2.45) is 0 Å². The largest absolute Gasteiger partial charge is 0.580 e. The highest BCUT2D eigenvalue weighted by Crippen LogP contribution is 2.31. The summed E-state index contributed by atoms with van der Waals surface area (Å²) < 4.78 is 0.962. The van der Waals surface area contributed by atoms with Gasteiger partial charge in [0.05, 0.1) is 10.6 Å². The van der Waals surface area contributed by atoms with Gasteiger partial charge in [0.1, 0.15) is 0 Å². The third kappa shape index (κ3) is 4.65. The normalized spacial score (nSPS) is 21.1. The summed E-state index contributed by atoms with van der Waals surface area (Å²) in [6.07, 6.45) is 4.16. The molecule has 0 bridgehead atoms. The Morgan fingerprint density at radius 1 is 1.24 bits per heavy atom. The summed E-state index contributed by atoms with van der Waals surface area (Å²) in [7, 11) is 2.06. The second-order valence-electron chi connectivity index (χ2n) is 8.78. The van der Waals surface area contributed by atoms with E-state index in [0.29, 0.717) is 21.3 Å². The van der Waals surface area contributed by atoms with E-state index in [0.717, 1.165) is 64.4 Å². The van der Waals surface area contributed by atoms with Crippen LogP contribution in [0.1, 0.15) is 55.7 Å². The molecule has 2 atom stereocenters. The number of nitrogens with zero attached hydrogens (tertiary/aromatic N) is 3. The number of benzene rings is 1. The molecule has 1 aromatic carbocycles. The summed E-state index contributed by atoms with van der Waals surface area (Å²) in [5, 5.41) is 6.16. The first kappa shape index (κ1) is 22.7. The molecule has 1 saturated carbocycles. The van der Waals surface area contributed by atoms with Gasteiger partial charge < -0.3 is 21.1 Å². The summed E-state index contributed by atoms with van der Waals surface area (Å²) in [5.41, 5.74) is 0.980. The maximum absolute atomic E-state index is 13.1. The lowest BCUT2D eigenvalue weighted by atomic mass is 9.89. The standard InChI is InChI=1S/C23H25ClN5O2S2/c1-28-9-8-16-20(12-28)33-22(27-16)23(31)29(25)17-5-3-2-4-15(17)26-21(30)19-10-13-6-7-14(24)11-18(13)32-19/h6-7,10-11,15,17,25H,2-5,8-9,12H2,1H3,(H,26,30)/q-1/t15-,17?/m0/s1. The molecule has 0 saturated heterocycles. The average molecular weight is 503 g/mol. The van der Waals surface area contributed by atoms with Crippen molar-refractivity contribution in [2.45, 2.75) is 50.7 Å². The molecule has 10 heteroatoms. The molecule has 7 nitrogen and oxygen atoms in total. The molecular weight excluding hydrogens is 478 g/mol. The Hall–Kier alpha value is -2.04. The highest BCUT2D eigenvalue weighted by atomic mass is 35.5. The van der Waals surface area contributed by atoms with Crippen LogP contribution in [0.25, 0.3) is 15.9 Å². The molecule has 5 rings (SSSR count). The number of rotatable bonds is 4. The van der Waals surface area contributed by atoms with E-state index in [2.05, 4.69) is 22.2 Å². The van der Waals surface area contributed by atoms with E-state index in [1.807, 2.05) is 24.3 Å². The van der Waals surface area contributed by atoms with Crippen molar-refractivity contribution >= 4 is 56.2 Å². The first-order valence-electron chi connectivity index (χ1n) is 11.1. The van der Waals surface area contributed by atoms with Gasteiger partial charge in [0.2, 0.25) is 0 Å². The number of thiophene rings is 1. The quantitative estimate of drug-likeness (QED) is 0.499. The van der Waals surface area contributed by atoms with Crippen molar-refractivity contribution in [2.75, 3.05) is 13.6 Å². The van der Waals surface area contributed by atoms with Crippen LogP contribution in [0.15, 0.2) is 24.3 Å². The SMILES string of the molecule is CN1CCc2nc(C(=O)N([NH-])C3CCCC[C@@H]3NC(=O)c3cc4ccc(Cl)cc4s3)sc2C1. The number of carbonyl (C=O) groups is 2. The van der Waals surface area contributed by atoms with Gasteiger partial charge in [-0.15, -0.1) is 22.7 Å². The Balaban J connectivity index is 1.31. The van der Waals surface area contributed by atoms with Gasteiger partial charge >= 0.3 is 0 Å². The van der Waals surface area contributed by atoms with E-state index >= 15 is 0 Å². The summed E-state index contributed by atoms with van der Waals surface area (Å²) in [6, 6.07) is 6.81. The molecule has 2 amide bonds. The maximum Gasteiger partial charge on any atom is 0.266 e. The first-order valence-corrected chi connectivity index (χ1v) is 13.1. The van der Waals surface area contributed by atoms with Gasteiger partial charge in [0, 0.05) is 46.2 Å². The van der Waals surface area contributed by atoms with Crippen LogP contribution < -0.4 is 5.32 Å². The zero-order chi connectivity index (χ0) is 23.1. The number of aromatic nitrogens is 1. The fourth-order valence-corrected chi connectivity index (χ4v) is 6.98. The van der Waals surface area contributed by atoms with Crippen molar-refractivity contribution in [3.63, 3.8) is 0 Å². The van der Waals surface area contributed by atoms with Gasteiger partial charge in [-0.25, -0.2) is 4.98 Å². The fourth-order valence-electron chi connectivity index (χ4n) is 4.61. The van der Waals surface area contributed by atoms with Crippen LogP contribution >= 0.6 is 34.3 Å². The van der Waals surface area contributed by atoms with E-state index in [1.54, 1.807) is 0 Å². The van der Waals surface area contributed by atoms with E-state index in [-0.39, 0.29) is 23.9 Å². The molecule has 3 aromatic rings. The number of halogens is 1. The lowest BCUT2D eigenvalue weighted by Crippen LogP contribution is -2.52. The molecule has 2 aromatic heterocycles. The van der Waals surface area contributed by atoms with Gasteiger partial charge in [-0.1, -0.05) is 30.5 Å². The van der Waals surface area contributed by atoms with Crippen LogP contribution in [0.3, 0.4) is 0 Å². The van der Waals surface area contributed by atoms with Crippen LogP contribution in [0, 0.1) is 0 Å². The number of carbonyl (C=O) groups excluding carboxylic acids is 2. The maximum atomic E-state index is 13.1. The zero-order valence-electron chi connectivity index (χ0n) is 18.3. The minimum Gasteiger partial charge on any atom is -0.580 e. The molecule has 3 heterocycles. The summed E-state index contributed by atoms with van der Waals surface area (Å²) in [5.74, 6) is 8.08. The Bertz CT molecular complexity index is 1210. The number of fused-ring (bicyclic) bond motifs is 2. The number of hydrogen-bond donors (Lipinski definition) is 1. The summed E-state index contributed by atoms with van der Waals surface area (Å²) in [4.78, 5) is 34.6. The monoisotopic (exact) mass is 502 g/mol. The predicted octanol–water partition coefficient (Wildman–Crippen LogP) is 5.15. The van der Waals surface area contributed by atoms with Crippen molar-refractivity contribution in [3.05, 3.63) is 55.6 Å². The van der Waals surface area contributed by atoms with Crippen LogP contribution in [0.5, 0.6) is 0 Å². The minimum absolute atomic E-state index is 0.169. The summed E-state index contributed by atoms with van der Waals surface area (Å²) in [6.45, 7) is 1.72. The molecule has 2 N–H and O–H groups in total. The third-order valence-corrected chi connectivity index (χ3v) is 8.81. The van der Waals surface area contributed by atoms with E-state index in [1.165, 1.54) is 22.7 Å². The second-order valence-corrected chi connectivity index (χ2v) is 11.4. The zero-order valence-corrected chi connectivity index (χ0v) is 20.7. The number of thiazole rings is 1. The van der Waals surface area contributed by atoms with Crippen molar-refractivity contribution in [1.82, 2.24) is 20.2 Å². The molecule has 1 unspecified atom stereocenters. The van der Waals surface area contributed by atoms with E-state index in [4.69, 9.17) is 17.4 Å². The van der Waals surface area contributed by atoms with Crippen molar-refractivity contribution < 1.29 is 9.59 Å². The molecule has 33 heavy (non-hydrogen) atoms. The van der Waals surface area contributed by atoms with Crippen molar-refractivity contribution in [1.29, 1.82) is 0 Å². The Kier molecular flexibility index (Phi) is 6.41. The number of amides is 2. The van der Waals surface area contributed by atoms with Crippen molar-refractivity contribution in [3.8, 4) is 0 Å². The molecule has 0 spiro atoms. The van der Waals surface area contributed by atoms with Gasteiger partial charge in [-0.3, -0.25) is 9.59 Å². The highest BCUT2D eigenvalue weighted by Gasteiger charge is 2.32. The second kappa shape index (κ2) is 9.31. The topological polar surface area (TPSA) is 89.3 Å². The number of nitrogens with one attached hydrogen (secondary N) is 2. The van der Waals surface area contributed by atoms with Crippen LogP contribution in [-0.2, 0) is 13.0 Å². The van der Waals surface area contributed by atoms with E-state index < -0.39 is 0 Å². The molecule has 1 aliphatic carbocycles. The summed E-state index contributed by atoms with van der Waals surface area (Å²) >= 11 is 8.87. The van der Waals surface area contributed by atoms with Gasteiger partial charge in [0.15, 0.2) is 5.01 Å². The predicted molar refractivity (Wildman–Crippen MR) is 133 cm³/mol. The highest BCUT2D eigenvalue weighted by molar-refractivity contribution is 7.20. The lowest BCUT2D eigenvalue weighted by Gasteiger charge is -2.43. The van der Waals surface area contributed by atoms with Gasteiger partial charge in [0.25, 0.3) is 11.8 Å². The Morgan fingerprint density at radius 3 is 2.91 bits per heavy atom. The van der Waals surface area contributed by atoms with Gasteiger partial charge in [-0.05, 0) is 43.5 Å². The lowest BCUT2D eigenvalue weighted by molar-refractivity contribution is 0.0672. The molecule has 1 aliphatic heterocycles.